The monoisotopic (exact) mass is 386 g/mol. The van der Waals surface area contributed by atoms with Crippen molar-refractivity contribution >= 4 is 0 Å². The molecule has 0 radical (unpaired) electrons. The Labute approximate surface area is 167 Å². The van der Waals surface area contributed by atoms with Crippen LogP contribution in [0.5, 0.6) is 5.75 Å². The standard InChI is InChI=1S/C23H31FN2O2/c1-25(15-19-5-3-2-4-6-19)17-22(27)18-28-23-9-7-20(8-10-23)16-26-13-11-21(24)12-14-26/h2-10,21-22,27H,11-18H2,1H3/t22-/m1/s1. The number of alkyl halides is 1. The molecule has 1 atom stereocenters. The molecule has 4 nitrogen and oxygen atoms in total. The van der Waals surface area contributed by atoms with Crippen LogP contribution in [-0.4, -0.2) is 60.5 Å². The van der Waals surface area contributed by atoms with Gasteiger partial charge in [0, 0.05) is 32.7 Å². The summed E-state index contributed by atoms with van der Waals surface area (Å²) in [7, 11) is 2.00. The van der Waals surface area contributed by atoms with Gasteiger partial charge in [-0.1, -0.05) is 42.5 Å². The van der Waals surface area contributed by atoms with Crippen LogP contribution in [0.1, 0.15) is 24.0 Å². The molecule has 0 unspecified atom stereocenters. The molecular weight excluding hydrogens is 355 g/mol. The van der Waals surface area contributed by atoms with Gasteiger partial charge in [-0.3, -0.25) is 9.80 Å². The van der Waals surface area contributed by atoms with Gasteiger partial charge < -0.3 is 9.84 Å². The summed E-state index contributed by atoms with van der Waals surface area (Å²) in [6.45, 7) is 4.11. The van der Waals surface area contributed by atoms with Gasteiger partial charge in [0.15, 0.2) is 0 Å². The Morgan fingerprint density at radius 3 is 2.43 bits per heavy atom. The molecule has 2 aromatic rings. The van der Waals surface area contributed by atoms with E-state index in [1.807, 2.05) is 49.5 Å². The Balaban J connectivity index is 1.38. The summed E-state index contributed by atoms with van der Waals surface area (Å²) in [6.07, 6.45) is 0.0934. The second-order valence-corrected chi connectivity index (χ2v) is 7.74. The molecule has 1 aliphatic rings. The number of ether oxygens (including phenoxy) is 1. The molecule has 1 aliphatic heterocycles. The molecule has 0 amide bonds. The summed E-state index contributed by atoms with van der Waals surface area (Å²) in [6, 6.07) is 18.2. The van der Waals surface area contributed by atoms with Gasteiger partial charge in [-0.15, -0.1) is 0 Å². The van der Waals surface area contributed by atoms with E-state index in [1.54, 1.807) is 0 Å². The Bertz CT molecular complexity index is 688. The van der Waals surface area contributed by atoms with Crippen molar-refractivity contribution in [3.05, 3.63) is 65.7 Å². The molecule has 1 heterocycles. The van der Waals surface area contributed by atoms with E-state index in [4.69, 9.17) is 4.74 Å². The van der Waals surface area contributed by atoms with Crippen molar-refractivity contribution in [2.45, 2.75) is 38.2 Å². The van der Waals surface area contributed by atoms with E-state index in [-0.39, 0.29) is 6.61 Å². The van der Waals surface area contributed by atoms with Crippen LogP contribution >= 0.6 is 0 Å². The first-order chi connectivity index (χ1) is 13.6. The molecule has 0 spiro atoms. The van der Waals surface area contributed by atoms with Crippen molar-refractivity contribution < 1.29 is 14.2 Å². The minimum absolute atomic E-state index is 0.266. The number of piperidine rings is 1. The van der Waals surface area contributed by atoms with Gasteiger partial charge in [0.1, 0.15) is 24.6 Å². The molecule has 28 heavy (non-hydrogen) atoms. The van der Waals surface area contributed by atoms with E-state index in [9.17, 15) is 9.50 Å². The highest BCUT2D eigenvalue weighted by Crippen LogP contribution is 2.18. The normalized spacial score (nSPS) is 17.0. The summed E-state index contributed by atoms with van der Waals surface area (Å²) in [5, 5.41) is 10.2. The van der Waals surface area contributed by atoms with Gasteiger partial charge in [-0.05, 0) is 43.1 Å². The summed E-state index contributed by atoms with van der Waals surface area (Å²) in [5.74, 6) is 0.760. The summed E-state index contributed by atoms with van der Waals surface area (Å²) >= 11 is 0. The molecule has 0 saturated carbocycles. The number of rotatable bonds is 9. The fraction of sp³-hybridized carbons (Fsp3) is 0.478. The minimum atomic E-state index is -0.634. The van der Waals surface area contributed by atoms with Crippen molar-refractivity contribution in [3.8, 4) is 5.75 Å². The third-order valence-electron chi connectivity index (χ3n) is 5.11. The van der Waals surface area contributed by atoms with Crippen molar-refractivity contribution in [1.29, 1.82) is 0 Å². The van der Waals surface area contributed by atoms with Gasteiger partial charge in [0.25, 0.3) is 0 Å². The highest BCUT2D eigenvalue weighted by atomic mass is 19.1. The number of benzene rings is 2. The highest BCUT2D eigenvalue weighted by molar-refractivity contribution is 5.27. The molecule has 2 aromatic carbocycles. The lowest BCUT2D eigenvalue weighted by atomic mass is 10.1. The third kappa shape index (κ3) is 6.89. The van der Waals surface area contributed by atoms with Gasteiger partial charge in [-0.2, -0.15) is 0 Å². The first kappa shape index (κ1) is 20.8. The summed E-state index contributed by atoms with van der Waals surface area (Å²) in [4.78, 5) is 4.38. The number of aliphatic hydroxyl groups excluding tert-OH is 1. The van der Waals surface area contributed by atoms with E-state index in [1.165, 1.54) is 11.1 Å². The maximum atomic E-state index is 13.2. The largest absolute Gasteiger partial charge is 0.491 e. The summed E-state index contributed by atoms with van der Waals surface area (Å²) in [5.41, 5.74) is 2.43. The van der Waals surface area contributed by atoms with Gasteiger partial charge in [0.05, 0.1) is 0 Å². The van der Waals surface area contributed by atoms with Crippen LogP contribution in [0.3, 0.4) is 0 Å². The second kappa shape index (κ2) is 10.6. The van der Waals surface area contributed by atoms with Crippen molar-refractivity contribution in [2.75, 3.05) is 33.3 Å². The van der Waals surface area contributed by atoms with Gasteiger partial charge >= 0.3 is 0 Å². The Morgan fingerprint density at radius 1 is 1.07 bits per heavy atom. The second-order valence-electron chi connectivity index (χ2n) is 7.74. The zero-order valence-corrected chi connectivity index (χ0v) is 16.6. The SMILES string of the molecule is CN(Cc1ccccc1)C[C@@H](O)COc1ccc(CN2CCC(F)CC2)cc1. The van der Waals surface area contributed by atoms with E-state index in [0.717, 1.165) is 31.9 Å². The van der Waals surface area contributed by atoms with Gasteiger partial charge in [0.2, 0.25) is 0 Å². The van der Waals surface area contributed by atoms with E-state index in [0.29, 0.717) is 19.4 Å². The molecule has 0 bridgehead atoms. The van der Waals surface area contributed by atoms with Crippen LogP contribution < -0.4 is 4.74 Å². The topological polar surface area (TPSA) is 35.9 Å². The maximum absolute atomic E-state index is 13.2. The first-order valence-electron chi connectivity index (χ1n) is 10.1. The predicted octanol–water partition coefficient (Wildman–Crippen LogP) is 3.49. The quantitative estimate of drug-likeness (QED) is 0.716. The average Bonchev–Trinajstić information content (AvgIpc) is 2.70. The smallest absolute Gasteiger partial charge is 0.119 e. The maximum Gasteiger partial charge on any atom is 0.119 e. The molecule has 1 fully saturated rings. The number of aliphatic hydroxyl groups is 1. The van der Waals surface area contributed by atoms with Gasteiger partial charge in [-0.25, -0.2) is 4.39 Å². The van der Waals surface area contributed by atoms with Crippen LogP contribution in [0.15, 0.2) is 54.6 Å². The lowest BCUT2D eigenvalue weighted by Gasteiger charge is -2.28. The molecule has 0 aromatic heterocycles. The number of hydrogen-bond acceptors (Lipinski definition) is 4. The zero-order chi connectivity index (χ0) is 19.8. The highest BCUT2D eigenvalue weighted by Gasteiger charge is 2.18. The Morgan fingerprint density at radius 2 is 1.75 bits per heavy atom. The Hall–Kier alpha value is -1.95. The van der Waals surface area contributed by atoms with Crippen LogP contribution in [-0.2, 0) is 13.1 Å². The van der Waals surface area contributed by atoms with Crippen LogP contribution in [0.2, 0.25) is 0 Å². The fourth-order valence-corrected chi connectivity index (χ4v) is 3.57. The molecule has 1 N–H and O–H groups in total. The molecule has 0 aliphatic carbocycles. The number of likely N-dealkylation sites (N-methyl/N-ethyl adjacent to an activating group) is 1. The molecule has 5 heteroatoms. The molecule has 1 saturated heterocycles. The predicted molar refractivity (Wildman–Crippen MR) is 110 cm³/mol. The third-order valence-corrected chi connectivity index (χ3v) is 5.11. The lowest BCUT2D eigenvalue weighted by molar-refractivity contribution is 0.0744. The number of halogens is 1. The van der Waals surface area contributed by atoms with Crippen molar-refractivity contribution in [3.63, 3.8) is 0 Å². The molecule has 3 rings (SSSR count). The number of likely N-dealkylation sites (tertiary alicyclic amines) is 1. The van der Waals surface area contributed by atoms with Crippen LogP contribution in [0, 0.1) is 0 Å². The summed E-state index contributed by atoms with van der Waals surface area (Å²) < 4.78 is 19.0. The number of nitrogens with zero attached hydrogens (tertiary/aromatic N) is 2. The first-order valence-corrected chi connectivity index (χ1v) is 10.1. The average molecular weight is 387 g/mol. The van der Waals surface area contributed by atoms with Crippen molar-refractivity contribution in [2.24, 2.45) is 0 Å². The fourth-order valence-electron chi connectivity index (χ4n) is 3.57. The minimum Gasteiger partial charge on any atom is -0.491 e. The number of hydrogen-bond donors (Lipinski definition) is 1. The zero-order valence-electron chi connectivity index (χ0n) is 16.6. The van der Waals surface area contributed by atoms with Crippen LogP contribution in [0.25, 0.3) is 0 Å². The lowest BCUT2D eigenvalue weighted by Crippen LogP contribution is -2.33. The molecule has 152 valence electrons. The van der Waals surface area contributed by atoms with E-state index >= 15 is 0 Å². The van der Waals surface area contributed by atoms with E-state index in [2.05, 4.69) is 21.9 Å². The molecular formula is C23H31FN2O2. The van der Waals surface area contributed by atoms with Crippen LogP contribution in [0.4, 0.5) is 4.39 Å². The van der Waals surface area contributed by atoms with Crippen molar-refractivity contribution in [1.82, 2.24) is 9.80 Å². The van der Waals surface area contributed by atoms with E-state index < -0.39 is 12.3 Å². The Kier molecular flexibility index (Phi) is 7.83.